The summed E-state index contributed by atoms with van der Waals surface area (Å²) in [5, 5.41) is 8.91. The van der Waals surface area contributed by atoms with E-state index in [1.54, 1.807) is 0 Å². The molecule has 1 aliphatic rings. The van der Waals surface area contributed by atoms with Crippen LogP contribution < -0.4 is 0 Å². The van der Waals surface area contributed by atoms with Gasteiger partial charge >= 0.3 is 0 Å². The third kappa shape index (κ3) is 9.43. The molecule has 1 N–H and O–H groups in total. The Morgan fingerprint density at radius 2 is 1.92 bits per heavy atom. The number of aliphatic hydroxyl groups is 1. The minimum absolute atomic E-state index is 0.0359. The summed E-state index contributed by atoms with van der Waals surface area (Å²) in [7, 11) is 0. The van der Waals surface area contributed by atoms with Gasteiger partial charge in [-0.2, -0.15) is 0 Å². The van der Waals surface area contributed by atoms with Crippen molar-refractivity contribution in [3.63, 3.8) is 0 Å². The topological polar surface area (TPSA) is 20.2 Å². The zero-order valence-corrected chi connectivity index (χ0v) is 8.76. The highest BCUT2D eigenvalue weighted by molar-refractivity contribution is 4.82. The van der Waals surface area contributed by atoms with E-state index < -0.39 is 0 Å². The Morgan fingerprint density at radius 1 is 1.31 bits per heavy atom. The van der Waals surface area contributed by atoms with Crippen molar-refractivity contribution in [1.29, 1.82) is 0 Å². The number of terminal acetylenes is 1. The maximum absolute atomic E-state index is 8.91. The number of unbranched alkanes of at least 4 members (excludes halogenated alkanes) is 2. The molecule has 0 amide bonds. The maximum atomic E-state index is 8.91. The standard InChI is InChI=1S/C6H12O.C6H10/c7-6-4-2-1-3-5-6;1-3-5-6-4-2/h6-7H,1-5H2;1H,4-6H2,2H3. The molecule has 0 saturated heterocycles. The van der Waals surface area contributed by atoms with Crippen LogP contribution in [0.25, 0.3) is 0 Å². The van der Waals surface area contributed by atoms with Crippen molar-refractivity contribution in [1.82, 2.24) is 0 Å². The molecule has 76 valence electrons. The number of aliphatic hydroxyl groups excluding tert-OH is 1. The number of rotatable bonds is 2. The summed E-state index contributed by atoms with van der Waals surface area (Å²) in [6.45, 7) is 2.14. The van der Waals surface area contributed by atoms with Gasteiger partial charge in [-0.05, 0) is 19.3 Å². The van der Waals surface area contributed by atoms with E-state index in [2.05, 4.69) is 12.8 Å². The fourth-order valence-electron chi connectivity index (χ4n) is 1.36. The van der Waals surface area contributed by atoms with Crippen LogP contribution in [0.5, 0.6) is 0 Å². The second kappa shape index (κ2) is 9.61. The summed E-state index contributed by atoms with van der Waals surface area (Å²) in [6.07, 6.45) is 14.2. The summed E-state index contributed by atoms with van der Waals surface area (Å²) >= 11 is 0. The molecule has 0 bridgehead atoms. The van der Waals surface area contributed by atoms with E-state index in [4.69, 9.17) is 11.5 Å². The van der Waals surface area contributed by atoms with Gasteiger partial charge in [0, 0.05) is 6.42 Å². The second-order valence-electron chi connectivity index (χ2n) is 3.60. The normalized spacial score (nSPS) is 17.0. The molecule has 1 heteroatoms. The fraction of sp³-hybridized carbons (Fsp3) is 0.833. The molecule has 0 heterocycles. The lowest BCUT2D eigenvalue weighted by Gasteiger charge is -2.14. The Kier molecular flexibility index (Phi) is 9.25. The van der Waals surface area contributed by atoms with E-state index in [0.717, 1.165) is 19.3 Å². The Morgan fingerprint density at radius 3 is 2.15 bits per heavy atom. The Hall–Kier alpha value is -0.480. The molecule has 1 saturated carbocycles. The monoisotopic (exact) mass is 182 g/mol. The van der Waals surface area contributed by atoms with E-state index in [1.165, 1.54) is 32.1 Å². The van der Waals surface area contributed by atoms with Crippen LogP contribution in [0, 0.1) is 12.3 Å². The Bertz CT molecular complexity index is 129. The predicted octanol–water partition coefficient (Wildman–Crippen LogP) is 3.12. The third-order valence-electron chi connectivity index (χ3n) is 2.25. The molecular formula is C12H22O. The fourth-order valence-corrected chi connectivity index (χ4v) is 1.36. The molecule has 0 aliphatic heterocycles. The highest BCUT2D eigenvalue weighted by atomic mass is 16.3. The zero-order valence-electron chi connectivity index (χ0n) is 8.76. The summed E-state index contributed by atoms with van der Waals surface area (Å²) in [4.78, 5) is 0. The van der Waals surface area contributed by atoms with Crippen molar-refractivity contribution in [2.75, 3.05) is 0 Å². The van der Waals surface area contributed by atoms with Crippen molar-refractivity contribution in [3.05, 3.63) is 0 Å². The lowest BCUT2D eigenvalue weighted by molar-refractivity contribution is 0.130. The van der Waals surface area contributed by atoms with Gasteiger partial charge < -0.3 is 5.11 Å². The Labute approximate surface area is 82.5 Å². The SMILES string of the molecule is C#CCCCC.OC1CCCCC1. The van der Waals surface area contributed by atoms with E-state index in [0.29, 0.717) is 0 Å². The van der Waals surface area contributed by atoms with Crippen LogP contribution >= 0.6 is 0 Å². The molecule has 1 fully saturated rings. The van der Waals surface area contributed by atoms with Crippen molar-refractivity contribution < 1.29 is 5.11 Å². The maximum Gasteiger partial charge on any atom is 0.0540 e. The van der Waals surface area contributed by atoms with E-state index >= 15 is 0 Å². The molecule has 1 rings (SSSR count). The van der Waals surface area contributed by atoms with Gasteiger partial charge in [0.2, 0.25) is 0 Å². The summed E-state index contributed by atoms with van der Waals surface area (Å²) in [5.74, 6) is 2.57. The molecule has 0 aromatic rings. The summed E-state index contributed by atoms with van der Waals surface area (Å²) in [6, 6.07) is 0. The molecule has 0 atom stereocenters. The van der Waals surface area contributed by atoms with E-state index in [-0.39, 0.29) is 6.10 Å². The van der Waals surface area contributed by atoms with Crippen LogP contribution in [0.1, 0.15) is 58.3 Å². The minimum atomic E-state index is 0.0359. The lowest BCUT2D eigenvalue weighted by Crippen LogP contribution is -2.09. The van der Waals surface area contributed by atoms with Gasteiger partial charge in [0.25, 0.3) is 0 Å². The van der Waals surface area contributed by atoms with E-state index in [9.17, 15) is 0 Å². The van der Waals surface area contributed by atoms with Crippen LogP contribution in [0.2, 0.25) is 0 Å². The molecular weight excluding hydrogens is 160 g/mol. The second-order valence-corrected chi connectivity index (χ2v) is 3.60. The van der Waals surface area contributed by atoms with Crippen LogP contribution in [0.3, 0.4) is 0 Å². The van der Waals surface area contributed by atoms with Crippen LogP contribution in [0.15, 0.2) is 0 Å². The van der Waals surface area contributed by atoms with Crippen LogP contribution in [-0.2, 0) is 0 Å². The first-order chi connectivity index (χ1) is 6.31. The van der Waals surface area contributed by atoms with Crippen molar-refractivity contribution in [2.45, 2.75) is 64.4 Å². The van der Waals surface area contributed by atoms with Gasteiger partial charge in [-0.25, -0.2) is 0 Å². The molecule has 13 heavy (non-hydrogen) atoms. The van der Waals surface area contributed by atoms with Crippen LogP contribution in [0.4, 0.5) is 0 Å². The highest BCUT2D eigenvalue weighted by Crippen LogP contribution is 2.16. The summed E-state index contributed by atoms with van der Waals surface area (Å²) < 4.78 is 0. The molecule has 0 unspecified atom stereocenters. The largest absolute Gasteiger partial charge is 0.393 e. The summed E-state index contributed by atoms with van der Waals surface area (Å²) in [5.41, 5.74) is 0. The Balaban J connectivity index is 0.000000226. The quantitative estimate of drug-likeness (QED) is 0.514. The average Bonchev–Trinajstić information content (AvgIpc) is 2.17. The lowest BCUT2D eigenvalue weighted by atomic mass is 9.98. The predicted molar refractivity (Wildman–Crippen MR) is 57.4 cm³/mol. The smallest absolute Gasteiger partial charge is 0.0540 e. The minimum Gasteiger partial charge on any atom is -0.393 e. The first-order valence-electron chi connectivity index (χ1n) is 5.42. The van der Waals surface area contributed by atoms with Gasteiger partial charge in [-0.1, -0.05) is 32.6 Å². The van der Waals surface area contributed by atoms with Gasteiger partial charge in [0.1, 0.15) is 0 Å². The molecule has 0 radical (unpaired) electrons. The molecule has 0 aromatic carbocycles. The van der Waals surface area contributed by atoms with Gasteiger partial charge in [0.05, 0.1) is 6.10 Å². The van der Waals surface area contributed by atoms with Gasteiger partial charge in [0.15, 0.2) is 0 Å². The zero-order chi connectivity index (χ0) is 9.94. The molecule has 1 nitrogen and oxygen atoms in total. The van der Waals surface area contributed by atoms with E-state index in [1.807, 2.05) is 0 Å². The highest BCUT2D eigenvalue weighted by Gasteiger charge is 2.07. The first kappa shape index (κ1) is 12.5. The molecule has 0 aromatic heterocycles. The number of hydrogen-bond donors (Lipinski definition) is 1. The van der Waals surface area contributed by atoms with Crippen molar-refractivity contribution in [2.24, 2.45) is 0 Å². The van der Waals surface area contributed by atoms with Crippen molar-refractivity contribution >= 4 is 0 Å². The van der Waals surface area contributed by atoms with Gasteiger partial charge in [-0.15, -0.1) is 12.3 Å². The number of hydrogen-bond acceptors (Lipinski definition) is 1. The average molecular weight is 182 g/mol. The molecule has 1 aliphatic carbocycles. The van der Waals surface area contributed by atoms with Crippen LogP contribution in [-0.4, -0.2) is 11.2 Å². The molecule has 0 spiro atoms. The third-order valence-corrected chi connectivity index (χ3v) is 2.25. The van der Waals surface area contributed by atoms with Gasteiger partial charge in [-0.3, -0.25) is 0 Å². The van der Waals surface area contributed by atoms with Crippen molar-refractivity contribution in [3.8, 4) is 12.3 Å². The first-order valence-corrected chi connectivity index (χ1v) is 5.42.